The van der Waals surface area contributed by atoms with Crippen LogP contribution < -0.4 is 14.5 Å². The van der Waals surface area contributed by atoms with Gasteiger partial charge in [-0.05, 0) is 24.3 Å². The van der Waals surface area contributed by atoms with Crippen molar-refractivity contribution < 1.29 is 4.68 Å². The van der Waals surface area contributed by atoms with E-state index in [4.69, 9.17) is 0 Å². The van der Waals surface area contributed by atoms with Gasteiger partial charge in [0.15, 0.2) is 12.4 Å². The predicted octanol–water partition coefficient (Wildman–Crippen LogP) is 3.10. The van der Waals surface area contributed by atoms with Crippen LogP contribution in [0.1, 0.15) is 15.6 Å². The Kier molecular flexibility index (Phi) is 5.53. The van der Waals surface area contributed by atoms with Crippen LogP contribution in [0.4, 0.5) is 10.0 Å². The number of anilines is 2. The summed E-state index contributed by atoms with van der Waals surface area (Å²) >= 11 is 3.42. The number of thiophene rings is 2. The van der Waals surface area contributed by atoms with Gasteiger partial charge < -0.3 is 9.80 Å². The quantitative estimate of drug-likeness (QED) is 0.482. The lowest BCUT2D eigenvalue weighted by Gasteiger charge is -2.06. The lowest BCUT2D eigenvalue weighted by molar-refractivity contribution is -0.684. The van der Waals surface area contributed by atoms with Crippen molar-refractivity contribution in [3.63, 3.8) is 0 Å². The van der Waals surface area contributed by atoms with Gasteiger partial charge in [-0.1, -0.05) is 10.2 Å². The van der Waals surface area contributed by atoms with Gasteiger partial charge in [-0.15, -0.1) is 32.0 Å². The first-order valence-corrected chi connectivity index (χ1v) is 9.80. The lowest BCUT2D eigenvalue weighted by Crippen LogP contribution is -2.29. The summed E-state index contributed by atoms with van der Waals surface area (Å²) in [5, 5.41) is 11.5. The zero-order valence-electron chi connectivity index (χ0n) is 15.6. The van der Waals surface area contributed by atoms with Gasteiger partial charge >= 0.3 is 5.82 Å². The van der Waals surface area contributed by atoms with E-state index >= 15 is 0 Å². The molecule has 0 aromatic carbocycles. The first-order valence-electron chi connectivity index (χ1n) is 8.16. The molecule has 3 heterocycles. The zero-order chi connectivity index (χ0) is 18.7. The molecule has 0 aliphatic heterocycles. The molecule has 136 valence electrons. The molecule has 0 fully saturated rings. The van der Waals surface area contributed by atoms with Crippen LogP contribution in [0.5, 0.6) is 0 Å². The van der Waals surface area contributed by atoms with Crippen molar-refractivity contribution in [2.24, 2.45) is 10.2 Å². The fourth-order valence-corrected chi connectivity index (χ4v) is 3.83. The normalized spacial score (nSPS) is 11.7. The number of nitrogens with zero attached hydrogens (tertiary/aromatic N) is 6. The number of hydrogen-bond acceptors (Lipinski definition) is 6. The van der Waals surface area contributed by atoms with E-state index in [1.165, 1.54) is 10.0 Å². The summed E-state index contributed by atoms with van der Waals surface area (Å²) < 4.78 is 3.65. The second-order valence-electron chi connectivity index (χ2n) is 6.16. The third-order valence-electron chi connectivity index (χ3n) is 3.74. The maximum Gasteiger partial charge on any atom is 0.304 e. The topological polar surface area (TPSA) is 40.0 Å². The van der Waals surface area contributed by atoms with Gasteiger partial charge in [-0.3, -0.25) is 0 Å². The van der Waals surface area contributed by atoms with Crippen molar-refractivity contribution in [3.05, 3.63) is 52.2 Å². The molecular weight excluding hydrogens is 364 g/mol. The summed E-state index contributed by atoms with van der Waals surface area (Å²) in [6.07, 6.45) is 7.56. The molecule has 0 saturated heterocycles. The molecule has 8 heteroatoms. The van der Waals surface area contributed by atoms with Crippen molar-refractivity contribution in [2.75, 3.05) is 38.0 Å². The monoisotopic (exact) mass is 387 g/mol. The predicted molar refractivity (Wildman–Crippen MR) is 113 cm³/mol. The fourth-order valence-electron chi connectivity index (χ4n) is 2.23. The SMILES string of the molecule is Cc1n(/N=C/c2ccc(N(C)C)s2)cc[n+]1/N=C/c1ccc(N(C)C)s1. The lowest BCUT2D eigenvalue weighted by atomic mass is 10.5. The molecule has 0 aliphatic rings. The molecule has 0 aliphatic carbocycles. The summed E-state index contributed by atoms with van der Waals surface area (Å²) in [5.41, 5.74) is 0. The number of imidazole rings is 1. The van der Waals surface area contributed by atoms with Crippen molar-refractivity contribution in [2.45, 2.75) is 6.92 Å². The molecule has 0 unspecified atom stereocenters. The van der Waals surface area contributed by atoms with Gasteiger partial charge in [0.25, 0.3) is 0 Å². The van der Waals surface area contributed by atoms with E-state index in [-0.39, 0.29) is 0 Å². The highest BCUT2D eigenvalue weighted by Gasteiger charge is 2.11. The second-order valence-corrected chi connectivity index (χ2v) is 8.35. The highest BCUT2D eigenvalue weighted by molar-refractivity contribution is 7.18. The molecule has 0 spiro atoms. The Bertz CT molecular complexity index is 856. The van der Waals surface area contributed by atoms with Gasteiger partial charge in [-0.2, -0.15) is 0 Å². The van der Waals surface area contributed by atoms with E-state index < -0.39 is 0 Å². The Morgan fingerprint density at radius 3 is 2.04 bits per heavy atom. The van der Waals surface area contributed by atoms with Crippen molar-refractivity contribution >= 4 is 45.1 Å². The molecule has 3 aromatic rings. The van der Waals surface area contributed by atoms with Crippen LogP contribution in [0.15, 0.2) is 46.9 Å². The van der Waals surface area contributed by atoms with Crippen LogP contribution in [-0.2, 0) is 0 Å². The molecule has 0 atom stereocenters. The van der Waals surface area contributed by atoms with Gasteiger partial charge in [0.1, 0.15) is 0 Å². The average molecular weight is 388 g/mol. The van der Waals surface area contributed by atoms with E-state index in [0.29, 0.717) is 0 Å². The Labute approximate surface area is 161 Å². The smallest absolute Gasteiger partial charge is 0.304 e. The molecule has 0 N–H and O–H groups in total. The van der Waals surface area contributed by atoms with Crippen molar-refractivity contribution in [3.8, 4) is 0 Å². The summed E-state index contributed by atoms with van der Waals surface area (Å²) in [6, 6.07) is 8.35. The molecule has 6 nitrogen and oxygen atoms in total. The maximum atomic E-state index is 4.54. The number of rotatable bonds is 6. The van der Waals surface area contributed by atoms with Crippen LogP contribution in [-0.4, -0.2) is 45.3 Å². The van der Waals surface area contributed by atoms with Crippen LogP contribution in [0.3, 0.4) is 0 Å². The first kappa shape index (κ1) is 18.3. The van der Waals surface area contributed by atoms with Gasteiger partial charge in [-0.25, -0.2) is 0 Å². The molecule has 26 heavy (non-hydrogen) atoms. The Morgan fingerprint density at radius 2 is 1.50 bits per heavy atom. The molecule has 0 bridgehead atoms. The van der Waals surface area contributed by atoms with E-state index in [2.05, 4.69) is 44.3 Å². The zero-order valence-corrected chi connectivity index (χ0v) is 17.3. The minimum atomic E-state index is 0.936. The van der Waals surface area contributed by atoms with Crippen LogP contribution in [0.2, 0.25) is 0 Å². The first-order chi connectivity index (χ1) is 12.4. The minimum Gasteiger partial charge on any atom is -0.370 e. The number of aromatic nitrogens is 2. The third-order valence-corrected chi connectivity index (χ3v) is 6.11. The van der Waals surface area contributed by atoms with Crippen LogP contribution in [0.25, 0.3) is 0 Å². The third kappa shape index (κ3) is 4.20. The van der Waals surface area contributed by atoms with E-state index in [9.17, 15) is 0 Å². The van der Waals surface area contributed by atoms with Crippen molar-refractivity contribution in [1.29, 1.82) is 0 Å². The highest BCUT2D eigenvalue weighted by atomic mass is 32.1. The standard InChI is InChI=1S/C18H23N6S2/c1-14-23(19-12-15-6-8-17(25-15)21(2)3)10-11-24(14)20-13-16-7-9-18(26-16)22(4)5/h6-13H,1-5H3/q+1/b19-12+,20-13+. The average Bonchev–Trinajstić information content (AvgIpc) is 3.31. The summed E-state index contributed by atoms with van der Waals surface area (Å²) in [6.45, 7) is 1.99. The summed E-state index contributed by atoms with van der Waals surface area (Å²) in [7, 11) is 8.16. The van der Waals surface area contributed by atoms with Crippen LogP contribution in [0, 0.1) is 6.92 Å². The van der Waals surface area contributed by atoms with Gasteiger partial charge in [0.05, 0.1) is 32.2 Å². The number of hydrogen-bond donors (Lipinski definition) is 0. The Hall–Kier alpha value is -2.45. The molecular formula is C18H23N6S2+. The summed E-state index contributed by atoms with van der Waals surface area (Å²) in [4.78, 5) is 6.42. The fraction of sp³-hybridized carbons (Fsp3) is 0.278. The van der Waals surface area contributed by atoms with Gasteiger partial charge in [0.2, 0.25) is 0 Å². The summed E-state index contributed by atoms with van der Waals surface area (Å²) in [5.74, 6) is 0.936. The maximum absolute atomic E-state index is 4.54. The Morgan fingerprint density at radius 1 is 0.923 bits per heavy atom. The molecule has 3 rings (SSSR count). The molecule has 0 amide bonds. The van der Waals surface area contributed by atoms with Crippen LogP contribution >= 0.6 is 22.7 Å². The van der Waals surface area contributed by atoms with E-state index in [0.717, 1.165) is 15.6 Å². The highest BCUT2D eigenvalue weighted by Crippen LogP contribution is 2.23. The van der Waals surface area contributed by atoms with Gasteiger partial charge in [0, 0.05) is 35.1 Å². The van der Waals surface area contributed by atoms with E-state index in [1.54, 1.807) is 22.7 Å². The molecule has 0 radical (unpaired) electrons. The second kappa shape index (κ2) is 7.84. The largest absolute Gasteiger partial charge is 0.370 e. The van der Waals surface area contributed by atoms with E-state index in [1.807, 2.05) is 69.3 Å². The minimum absolute atomic E-state index is 0.936. The molecule has 0 saturated carbocycles. The van der Waals surface area contributed by atoms with Crippen molar-refractivity contribution in [1.82, 2.24) is 4.68 Å². The molecule has 3 aromatic heterocycles. The Balaban J connectivity index is 1.72.